The summed E-state index contributed by atoms with van der Waals surface area (Å²) in [6.07, 6.45) is -4.34. The Morgan fingerprint density at radius 3 is 2.04 bits per heavy atom. The summed E-state index contributed by atoms with van der Waals surface area (Å²) in [4.78, 5) is 1.85. The molecule has 2 nitrogen and oxygen atoms in total. The maximum Gasteiger partial charge on any atom is 0.416 e. The first-order valence-electron chi connectivity index (χ1n) is 9.12. The van der Waals surface area contributed by atoms with Gasteiger partial charge in [-0.15, -0.1) is 0 Å². The zero-order chi connectivity index (χ0) is 20.1. The lowest BCUT2D eigenvalue weighted by Gasteiger charge is -2.20. The first-order chi connectivity index (χ1) is 13.3. The molecule has 0 aliphatic heterocycles. The van der Waals surface area contributed by atoms with E-state index in [-0.39, 0.29) is 0 Å². The van der Waals surface area contributed by atoms with E-state index in [0.717, 1.165) is 45.3 Å². The average molecular weight is 383 g/mol. The van der Waals surface area contributed by atoms with Gasteiger partial charge < -0.3 is 9.32 Å². The van der Waals surface area contributed by atoms with Crippen molar-refractivity contribution in [2.45, 2.75) is 25.9 Å². The van der Waals surface area contributed by atoms with Gasteiger partial charge >= 0.3 is 6.18 Å². The van der Waals surface area contributed by atoms with Crippen LogP contribution in [0.3, 0.4) is 0 Å². The fourth-order valence-corrected chi connectivity index (χ4v) is 3.56. The van der Waals surface area contributed by atoms with Crippen molar-refractivity contribution in [2.24, 2.45) is 0 Å². The molecule has 5 heteroatoms. The molecule has 0 bridgehead atoms. The van der Waals surface area contributed by atoms with Crippen molar-refractivity contribution >= 4 is 33.3 Å². The lowest BCUT2D eigenvalue weighted by Crippen LogP contribution is -2.10. The number of anilines is 2. The Kier molecular flexibility index (Phi) is 4.33. The Labute approximate surface area is 161 Å². The maximum atomic E-state index is 12.8. The van der Waals surface area contributed by atoms with E-state index in [4.69, 9.17) is 4.42 Å². The summed E-state index contributed by atoms with van der Waals surface area (Å²) in [5.41, 5.74) is 3.53. The third kappa shape index (κ3) is 3.01. The summed E-state index contributed by atoms with van der Waals surface area (Å²) in [6, 6.07) is 17.1. The van der Waals surface area contributed by atoms with Crippen LogP contribution in [0.25, 0.3) is 21.9 Å². The summed E-state index contributed by atoms with van der Waals surface area (Å²) in [5, 5.41) is 2.04. The minimum Gasteiger partial charge on any atom is -0.454 e. The van der Waals surface area contributed by atoms with E-state index in [9.17, 15) is 13.2 Å². The number of halogens is 3. The van der Waals surface area contributed by atoms with Gasteiger partial charge in [-0.3, -0.25) is 0 Å². The average Bonchev–Trinajstić information content (AvgIpc) is 3.05. The van der Waals surface area contributed by atoms with Gasteiger partial charge in [-0.05, 0) is 41.8 Å². The highest BCUT2D eigenvalue weighted by Gasteiger charge is 2.30. The minimum absolute atomic E-state index is 0.320. The highest BCUT2D eigenvalue weighted by atomic mass is 19.4. The summed E-state index contributed by atoms with van der Waals surface area (Å²) in [5.74, 6) is 0.320. The van der Waals surface area contributed by atoms with Crippen LogP contribution in [0, 0.1) is 0 Å². The molecule has 0 saturated heterocycles. The molecule has 0 fully saturated rings. The molecule has 0 aliphatic carbocycles. The second-order valence-corrected chi connectivity index (χ2v) is 7.24. The molecule has 1 aromatic heterocycles. The third-order valence-electron chi connectivity index (χ3n) is 5.10. The zero-order valence-electron chi connectivity index (χ0n) is 15.8. The summed E-state index contributed by atoms with van der Waals surface area (Å²) in [6.45, 7) is 4.24. The molecule has 0 atom stereocenters. The third-order valence-corrected chi connectivity index (χ3v) is 5.10. The van der Waals surface area contributed by atoms with Crippen LogP contribution in [-0.2, 0) is 6.18 Å². The van der Waals surface area contributed by atoms with Crippen LogP contribution in [0.15, 0.2) is 65.1 Å². The van der Waals surface area contributed by atoms with Crippen molar-refractivity contribution in [3.8, 4) is 0 Å². The molecule has 0 amide bonds. The predicted octanol–water partition coefficient (Wildman–Crippen LogP) is 7.50. The van der Waals surface area contributed by atoms with Crippen molar-refractivity contribution in [3.05, 3.63) is 71.8 Å². The van der Waals surface area contributed by atoms with Crippen molar-refractivity contribution in [1.29, 1.82) is 0 Å². The topological polar surface area (TPSA) is 16.4 Å². The van der Waals surface area contributed by atoms with E-state index in [2.05, 4.69) is 19.9 Å². The van der Waals surface area contributed by atoms with E-state index < -0.39 is 11.7 Å². The quantitative estimate of drug-likeness (QED) is 0.364. The van der Waals surface area contributed by atoms with E-state index in [0.29, 0.717) is 11.6 Å². The zero-order valence-corrected chi connectivity index (χ0v) is 15.8. The maximum absolute atomic E-state index is 12.8. The van der Waals surface area contributed by atoms with E-state index >= 15 is 0 Å². The van der Waals surface area contributed by atoms with E-state index in [1.54, 1.807) is 0 Å². The highest BCUT2D eigenvalue weighted by molar-refractivity contribution is 6.10. The van der Waals surface area contributed by atoms with Crippen molar-refractivity contribution in [2.75, 3.05) is 11.9 Å². The fraction of sp³-hybridized carbons (Fsp3) is 0.217. The Bertz CT molecular complexity index is 1140. The molecule has 0 spiro atoms. The molecule has 1 heterocycles. The number of alkyl halides is 3. The standard InChI is InChI=1S/C23H20F3NO/c1-14(2)17-6-4-7-18-19-8-5-9-20(22(19)28-21(17)18)27(3)16-12-10-15(11-13-16)23(24,25)26/h4-14H,1-3H3. The summed E-state index contributed by atoms with van der Waals surface area (Å²) < 4.78 is 44.8. The van der Waals surface area contributed by atoms with Crippen LogP contribution >= 0.6 is 0 Å². The number of rotatable bonds is 3. The number of nitrogens with zero attached hydrogens (tertiary/aromatic N) is 1. The molecule has 28 heavy (non-hydrogen) atoms. The number of para-hydroxylation sites is 2. The SMILES string of the molecule is CC(C)c1cccc2c1oc1c(N(C)c3ccc(C(F)(F)F)cc3)cccc12. The molecular formula is C23H20F3NO. The predicted molar refractivity (Wildman–Crippen MR) is 107 cm³/mol. The van der Waals surface area contributed by atoms with Crippen LogP contribution in [0.1, 0.15) is 30.9 Å². The highest BCUT2D eigenvalue weighted by Crippen LogP contribution is 2.40. The largest absolute Gasteiger partial charge is 0.454 e. The van der Waals surface area contributed by atoms with Gasteiger partial charge in [0.1, 0.15) is 5.58 Å². The van der Waals surface area contributed by atoms with Crippen molar-refractivity contribution < 1.29 is 17.6 Å². The second kappa shape index (κ2) is 6.59. The molecule has 144 valence electrons. The molecular weight excluding hydrogens is 363 g/mol. The minimum atomic E-state index is -4.34. The number of hydrogen-bond acceptors (Lipinski definition) is 2. The summed E-state index contributed by atoms with van der Waals surface area (Å²) in [7, 11) is 1.83. The molecule has 3 aromatic carbocycles. The van der Waals surface area contributed by atoms with Gasteiger partial charge in [-0.2, -0.15) is 13.2 Å². The normalized spacial score (nSPS) is 12.2. The number of benzene rings is 3. The molecule has 4 aromatic rings. The first-order valence-corrected chi connectivity index (χ1v) is 9.12. The van der Waals surface area contributed by atoms with Crippen molar-refractivity contribution in [3.63, 3.8) is 0 Å². The monoisotopic (exact) mass is 383 g/mol. The lowest BCUT2D eigenvalue weighted by molar-refractivity contribution is -0.137. The van der Waals surface area contributed by atoms with Crippen LogP contribution in [-0.4, -0.2) is 7.05 Å². The Hall–Kier alpha value is -2.95. The van der Waals surface area contributed by atoms with Gasteiger partial charge in [-0.1, -0.05) is 44.2 Å². The van der Waals surface area contributed by atoms with Crippen LogP contribution in [0.5, 0.6) is 0 Å². The smallest absolute Gasteiger partial charge is 0.416 e. The Morgan fingerprint density at radius 2 is 1.43 bits per heavy atom. The van der Waals surface area contributed by atoms with E-state index in [1.807, 2.05) is 42.3 Å². The van der Waals surface area contributed by atoms with Crippen LogP contribution < -0.4 is 4.90 Å². The van der Waals surface area contributed by atoms with Crippen molar-refractivity contribution in [1.82, 2.24) is 0 Å². The molecule has 0 N–H and O–H groups in total. The van der Waals surface area contributed by atoms with Gasteiger partial charge in [-0.25, -0.2) is 0 Å². The molecule has 0 radical (unpaired) electrons. The number of furan rings is 1. The number of hydrogen-bond donors (Lipinski definition) is 0. The van der Waals surface area contributed by atoms with Gasteiger partial charge in [0.15, 0.2) is 5.58 Å². The Morgan fingerprint density at radius 1 is 0.821 bits per heavy atom. The van der Waals surface area contributed by atoms with Gasteiger partial charge in [0.2, 0.25) is 0 Å². The second-order valence-electron chi connectivity index (χ2n) is 7.24. The van der Waals surface area contributed by atoms with Crippen LogP contribution in [0.2, 0.25) is 0 Å². The molecule has 4 rings (SSSR count). The van der Waals surface area contributed by atoms with Gasteiger partial charge in [0, 0.05) is 23.5 Å². The fourth-order valence-electron chi connectivity index (χ4n) is 3.56. The van der Waals surface area contributed by atoms with Crippen LogP contribution in [0.4, 0.5) is 24.5 Å². The number of fused-ring (bicyclic) bond motifs is 3. The molecule has 0 saturated carbocycles. The first kappa shape index (κ1) is 18.4. The van der Waals surface area contributed by atoms with Gasteiger partial charge in [0.05, 0.1) is 11.3 Å². The van der Waals surface area contributed by atoms with Gasteiger partial charge in [0.25, 0.3) is 0 Å². The van der Waals surface area contributed by atoms with E-state index in [1.165, 1.54) is 12.1 Å². The summed E-state index contributed by atoms with van der Waals surface area (Å²) >= 11 is 0. The Balaban J connectivity index is 1.84. The molecule has 0 unspecified atom stereocenters. The molecule has 0 aliphatic rings. The lowest BCUT2D eigenvalue weighted by atomic mass is 10.0.